The van der Waals surface area contributed by atoms with Crippen LogP contribution in [0.3, 0.4) is 0 Å². The SMILES string of the molecule is COCCCNCC(C)N1CCSC(C)C1C. The van der Waals surface area contributed by atoms with Gasteiger partial charge in [0.2, 0.25) is 0 Å². The fraction of sp³-hybridized carbons (Fsp3) is 1.00. The molecule has 0 aliphatic carbocycles. The van der Waals surface area contributed by atoms with Crippen molar-refractivity contribution in [2.24, 2.45) is 0 Å². The monoisotopic (exact) mass is 260 g/mol. The van der Waals surface area contributed by atoms with Crippen LogP contribution in [0.25, 0.3) is 0 Å². The molecule has 0 amide bonds. The van der Waals surface area contributed by atoms with Crippen LogP contribution in [0.4, 0.5) is 0 Å². The van der Waals surface area contributed by atoms with Crippen molar-refractivity contribution in [1.82, 2.24) is 10.2 Å². The predicted molar refractivity (Wildman–Crippen MR) is 76.9 cm³/mol. The molecule has 1 aliphatic rings. The Bertz CT molecular complexity index is 204. The molecule has 1 saturated heterocycles. The van der Waals surface area contributed by atoms with Crippen LogP contribution in [0.5, 0.6) is 0 Å². The largest absolute Gasteiger partial charge is 0.385 e. The highest BCUT2D eigenvalue weighted by atomic mass is 32.2. The summed E-state index contributed by atoms with van der Waals surface area (Å²) in [5.74, 6) is 1.28. The van der Waals surface area contributed by atoms with Crippen molar-refractivity contribution in [2.45, 2.75) is 44.5 Å². The average molecular weight is 260 g/mol. The lowest BCUT2D eigenvalue weighted by Gasteiger charge is -2.41. The Balaban J connectivity index is 2.19. The Kier molecular flexibility index (Phi) is 7.51. The zero-order valence-electron chi connectivity index (χ0n) is 11.7. The molecule has 3 nitrogen and oxygen atoms in total. The first kappa shape index (κ1) is 15.3. The summed E-state index contributed by atoms with van der Waals surface area (Å²) < 4.78 is 5.04. The van der Waals surface area contributed by atoms with Crippen molar-refractivity contribution in [3.05, 3.63) is 0 Å². The third-order valence-corrected chi connectivity index (χ3v) is 4.98. The van der Waals surface area contributed by atoms with Crippen molar-refractivity contribution in [3.63, 3.8) is 0 Å². The highest BCUT2D eigenvalue weighted by Crippen LogP contribution is 2.25. The quantitative estimate of drug-likeness (QED) is 0.706. The van der Waals surface area contributed by atoms with Crippen LogP contribution in [0, 0.1) is 0 Å². The maximum absolute atomic E-state index is 5.04. The molecule has 3 unspecified atom stereocenters. The predicted octanol–water partition coefficient (Wildman–Crippen LogP) is 1.83. The van der Waals surface area contributed by atoms with E-state index >= 15 is 0 Å². The fourth-order valence-electron chi connectivity index (χ4n) is 2.35. The summed E-state index contributed by atoms with van der Waals surface area (Å²) >= 11 is 2.10. The van der Waals surface area contributed by atoms with Crippen LogP contribution in [0.1, 0.15) is 27.2 Å². The molecule has 1 rings (SSSR count). The molecule has 17 heavy (non-hydrogen) atoms. The van der Waals surface area contributed by atoms with E-state index in [1.807, 2.05) is 0 Å². The van der Waals surface area contributed by atoms with Crippen molar-refractivity contribution < 1.29 is 4.74 Å². The molecule has 1 aliphatic heterocycles. The summed E-state index contributed by atoms with van der Waals surface area (Å²) in [5.41, 5.74) is 0. The summed E-state index contributed by atoms with van der Waals surface area (Å²) in [4.78, 5) is 2.64. The van der Waals surface area contributed by atoms with Crippen LogP contribution < -0.4 is 5.32 Å². The number of nitrogens with one attached hydrogen (secondary N) is 1. The van der Waals surface area contributed by atoms with Gasteiger partial charge in [0.25, 0.3) is 0 Å². The molecule has 0 saturated carbocycles. The third-order valence-electron chi connectivity index (χ3n) is 3.64. The zero-order valence-corrected chi connectivity index (χ0v) is 12.6. The Morgan fingerprint density at radius 1 is 1.47 bits per heavy atom. The second kappa shape index (κ2) is 8.35. The van der Waals surface area contributed by atoms with Crippen molar-refractivity contribution >= 4 is 11.8 Å². The van der Waals surface area contributed by atoms with Gasteiger partial charge in [-0.25, -0.2) is 0 Å². The van der Waals surface area contributed by atoms with E-state index < -0.39 is 0 Å². The van der Waals surface area contributed by atoms with Gasteiger partial charge in [0.1, 0.15) is 0 Å². The first-order chi connectivity index (χ1) is 8.16. The van der Waals surface area contributed by atoms with E-state index in [4.69, 9.17) is 4.74 Å². The van der Waals surface area contributed by atoms with Crippen LogP contribution >= 0.6 is 11.8 Å². The lowest BCUT2D eigenvalue weighted by atomic mass is 10.1. The first-order valence-corrected chi connectivity index (χ1v) is 7.78. The Labute approximate surface area is 111 Å². The van der Waals surface area contributed by atoms with E-state index in [1.54, 1.807) is 7.11 Å². The molecule has 0 radical (unpaired) electrons. The van der Waals surface area contributed by atoms with E-state index in [-0.39, 0.29) is 0 Å². The molecule has 0 spiro atoms. The van der Waals surface area contributed by atoms with Gasteiger partial charge in [0.15, 0.2) is 0 Å². The summed E-state index contributed by atoms with van der Waals surface area (Å²) in [7, 11) is 1.76. The minimum absolute atomic E-state index is 0.635. The van der Waals surface area contributed by atoms with Crippen molar-refractivity contribution in [1.29, 1.82) is 0 Å². The summed E-state index contributed by atoms with van der Waals surface area (Å²) in [6.07, 6.45) is 1.10. The second-order valence-electron chi connectivity index (χ2n) is 4.95. The minimum Gasteiger partial charge on any atom is -0.385 e. The minimum atomic E-state index is 0.635. The van der Waals surface area contributed by atoms with Crippen LogP contribution in [-0.4, -0.2) is 61.3 Å². The Hall–Kier alpha value is 0.230. The number of nitrogens with zero attached hydrogens (tertiary/aromatic N) is 1. The zero-order chi connectivity index (χ0) is 12.7. The summed E-state index contributed by atoms with van der Waals surface area (Å²) in [6.45, 7) is 11.3. The molecule has 102 valence electrons. The van der Waals surface area contributed by atoms with Crippen molar-refractivity contribution in [2.75, 3.05) is 39.1 Å². The molecule has 0 aromatic carbocycles. The molecule has 4 heteroatoms. The van der Waals surface area contributed by atoms with Gasteiger partial charge in [0.05, 0.1) is 0 Å². The summed E-state index contributed by atoms with van der Waals surface area (Å²) in [5, 5.41) is 4.29. The topological polar surface area (TPSA) is 24.5 Å². The highest BCUT2D eigenvalue weighted by molar-refractivity contribution is 8.00. The van der Waals surface area contributed by atoms with Crippen LogP contribution in [-0.2, 0) is 4.74 Å². The van der Waals surface area contributed by atoms with Gasteiger partial charge in [-0.2, -0.15) is 11.8 Å². The van der Waals surface area contributed by atoms with E-state index in [2.05, 4.69) is 42.7 Å². The van der Waals surface area contributed by atoms with Gasteiger partial charge >= 0.3 is 0 Å². The van der Waals surface area contributed by atoms with Gasteiger partial charge in [0, 0.05) is 49.9 Å². The van der Waals surface area contributed by atoms with Gasteiger partial charge in [-0.3, -0.25) is 4.90 Å². The Morgan fingerprint density at radius 2 is 2.24 bits per heavy atom. The number of hydrogen-bond acceptors (Lipinski definition) is 4. The maximum Gasteiger partial charge on any atom is 0.0474 e. The Morgan fingerprint density at radius 3 is 2.94 bits per heavy atom. The number of hydrogen-bond donors (Lipinski definition) is 1. The van der Waals surface area contributed by atoms with Gasteiger partial charge in [-0.1, -0.05) is 6.92 Å². The number of methoxy groups -OCH3 is 1. The van der Waals surface area contributed by atoms with E-state index in [0.717, 1.165) is 31.4 Å². The molecular formula is C13H28N2OS. The highest BCUT2D eigenvalue weighted by Gasteiger charge is 2.28. The summed E-state index contributed by atoms with van der Waals surface area (Å²) in [6, 6.07) is 1.33. The molecule has 1 fully saturated rings. The van der Waals surface area contributed by atoms with Gasteiger partial charge in [-0.05, 0) is 26.8 Å². The normalized spacial score (nSPS) is 28.2. The second-order valence-corrected chi connectivity index (χ2v) is 6.44. The number of rotatable bonds is 7. The van der Waals surface area contributed by atoms with Crippen molar-refractivity contribution in [3.8, 4) is 0 Å². The molecule has 0 aromatic heterocycles. The van der Waals surface area contributed by atoms with E-state index in [0.29, 0.717) is 12.1 Å². The lowest BCUT2D eigenvalue weighted by molar-refractivity contribution is 0.152. The fourth-order valence-corrected chi connectivity index (χ4v) is 3.47. The first-order valence-electron chi connectivity index (χ1n) is 6.73. The molecule has 0 bridgehead atoms. The molecule has 1 N–H and O–H groups in total. The maximum atomic E-state index is 5.04. The van der Waals surface area contributed by atoms with Gasteiger partial charge in [-0.15, -0.1) is 0 Å². The van der Waals surface area contributed by atoms with Crippen LogP contribution in [0.15, 0.2) is 0 Å². The number of ether oxygens (including phenoxy) is 1. The average Bonchev–Trinajstić information content (AvgIpc) is 2.32. The smallest absolute Gasteiger partial charge is 0.0474 e. The molecule has 3 atom stereocenters. The van der Waals surface area contributed by atoms with E-state index in [1.165, 1.54) is 12.3 Å². The molecule has 0 aromatic rings. The molecule has 1 heterocycles. The third kappa shape index (κ3) is 5.16. The lowest BCUT2D eigenvalue weighted by Crippen LogP contribution is -2.52. The van der Waals surface area contributed by atoms with Crippen LogP contribution in [0.2, 0.25) is 0 Å². The molecular weight excluding hydrogens is 232 g/mol. The number of thioether (sulfide) groups is 1. The standard InChI is InChI=1S/C13H28N2OS/c1-11(10-14-6-5-8-16-4)15-7-9-17-13(3)12(15)2/h11-14H,5-10H2,1-4H3. The van der Waals surface area contributed by atoms with E-state index in [9.17, 15) is 0 Å². The van der Waals surface area contributed by atoms with Gasteiger partial charge < -0.3 is 10.1 Å².